The Labute approximate surface area is 237 Å². The third-order valence-corrected chi connectivity index (χ3v) is 7.48. The van der Waals surface area contributed by atoms with Gasteiger partial charge in [0.2, 0.25) is 0 Å². The first-order chi connectivity index (χ1) is 19.7. The van der Waals surface area contributed by atoms with Gasteiger partial charge in [-0.25, -0.2) is 19.2 Å². The number of rotatable bonds is 8. The van der Waals surface area contributed by atoms with Gasteiger partial charge in [-0.15, -0.1) is 0 Å². The normalized spacial score (nSPS) is 20.6. The number of carbonyl (C=O) groups excluding carboxylic acids is 2. The van der Waals surface area contributed by atoms with Gasteiger partial charge in [0.05, 0.1) is 18.3 Å². The van der Waals surface area contributed by atoms with Crippen molar-refractivity contribution in [3.8, 4) is 5.75 Å². The summed E-state index contributed by atoms with van der Waals surface area (Å²) >= 11 is 0. The lowest BCUT2D eigenvalue weighted by Gasteiger charge is -2.35. The molecule has 5 heterocycles. The van der Waals surface area contributed by atoms with E-state index in [0.717, 1.165) is 24.2 Å². The maximum Gasteiger partial charge on any atom is 0.329 e. The fraction of sp³-hybridized carbons (Fsp3) is 0.400. The summed E-state index contributed by atoms with van der Waals surface area (Å²) in [4.78, 5) is 39.4. The highest BCUT2D eigenvalue weighted by Crippen LogP contribution is 2.39. The number of Topliss-reactive ketones (excluding diaryl/α,β-unsaturated/α-hetero) is 1. The number of nitrogens with zero attached hydrogens (tertiary/aromatic N) is 4. The number of benzene rings is 1. The Morgan fingerprint density at radius 3 is 2.78 bits per heavy atom. The second-order valence-corrected chi connectivity index (χ2v) is 10.9. The van der Waals surface area contributed by atoms with Gasteiger partial charge < -0.3 is 19.1 Å². The largest absolute Gasteiger partial charge is 0.491 e. The van der Waals surface area contributed by atoms with E-state index in [4.69, 9.17) is 14.2 Å². The number of aryl methyl sites for hydroxylation is 1. The SMILES string of the molecule is CC1(C)OC[C@H](COc2ccnc(NC(=O)N3c4nc(C(=O)CCc5ccc(F)cc5)ccc4N4CC[C@H]3C4)c2)O1. The zero-order valence-electron chi connectivity index (χ0n) is 23.0. The molecule has 2 bridgehead atoms. The third kappa shape index (κ3) is 6.01. The van der Waals surface area contributed by atoms with E-state index >= 15 is 0 Å². The lowest BCUT2D eigenvalue weighted by atomic mass is 10.1. The molecule has 2 amide bonds. The van der Waals surface area contributed by atoms with Crippen LogP contribution in [0.2, 0.25) is 0 Å². The van der Waals surface area contributed by atoms with Crippen LogP contribution in [0.4, 0.5) is 26.5 Å². The molecule has 0 radical (unpaired) electrons. The minimum absolute atomic E-state index is 0.0816. The van der Waals surface area contributed by atoms with Gasteiger partial charge in [-0.05, 0) is 62.6 Å². The Kier molecular flexibility index (Phi) is 7.31. The molecule has 0 aliphatic carbocycles. The van der Waals surface area contributed by atoms with E-state index in [-0.39, 0.29) is 36.2 Å². The molecule has 1 aromatic carbocycles. The summed E-state index contributed by atoms with van der Waals surface area (Å²) in [6.07, 6.45) is 2.86. The highest BCUT2D eigenvalue weighted by molar-refractivity contribution is 6.05. The van der Waals surface area contributed by atoms with Crippen LogP contribution in [0.3, 0.4) is 0 Å². The Morgan fingerprint density at radius 2 is 2.00 bits per heavy atom. The van der Waals surface area contributed by atoms with Crippen LogP contribution in [0.1, 0.15) is 42.7 Å². The van der Waals surface area contributed by atoms with Crippen LogP contribution in [-0.4, -0.2) is 66.0 Å². The maximum absolute atomic E-state index is 13.6. The van der Waals surface area contributed by atoms with Crippen molar-refractivity contribution in [2.75, 3.05) is 41.4 Å². The molecule has 0 unspecified atom stereocenters. The standard InChI is InChI=1S/C30H32FN5O5/c1-30(2)40-18-23(41-30)17-39-22-11-13-32-27(15-22)34-29(38)36-21-12-14-35(16-21)25-9-8-24(33-28(25)36)26(37)10-5-19-3-6-20(31)7-4-19/h3-4,6-9,11,13,15,21,23H,5,10,12,14,16-18H2,1-2H3,(H,32,34,38)/t21-,23-/m0/s1. The average Bonchev–Trinajstić information content (AvgIpc) is 3.54. The highest BCUT2D eigenvalue weighted by atomic mass is 19.1. The highest BCUT2D eigenvalue weighted by Gasteiger charge is 2.40. The quantitative estimate of drug-likeness (QED) is 0.398. The second kappa shape index (κ2) is 11.1. The molecule has 0 saturated carbocycles. The number of anilines is 3. The first-order valence-electron chi connectivity index (χ1n) is 13.8. The van der Waals surface area contributed by atoms with E-state index in [1.807, 2.05) is 19.9 Å². The molecule has 10 nitrogen and oxygen atoms in total. The Bertz CT molecular complexity index is 1450. The average molecular weight is 562 g/mol. The van der Waals surface area contributed by atoms with Crippen LogP contribution >= 0.6 is 0 Å². The molecule has 2 atom stereocenters. The van der Waals surface area contributed by atoms with Crippen molar-refractivity contribution in [2.45, 2.75) is 51.0 Å². The summed E-state index contributed by atoms with van der Waals surface area (Å²) in [5.41, 5.74) is 1.98. The Balaban J connectivity index is 1.15. The maximum atomic E-state index is 13.6. The molecular weight excluding hydrogens is 529 g/mol. The summed E-state index contributed by atoms with van der Waals surface area (Å²) in [5.74, 6) is 0.250. The number of hydrogen-bond acceptors (Lipinski definition) is 8. The number of ketones is 1. The molecule has 3 aliphatic heterocycles. The topological polar surface area (TPSA) is 106 Å². The van der Waals surface area contributed by atoms with Crippen LogP contribution in [0.25, 0.3) is 0 Å². The number of urea groups is 1. The number of ether oxygens (including phenoxy) is 3. The number of aromatic nitrogens is 2. The van der Waals surface area contributed by atoms with Gasteiger partial charge in [0.15, 0.2) is 17.4 Å². The zero-order valence-corrected chi connectivity index (χ0v) is 23.0. The number of nitrogens with one attached hydrogen (secondary N) is 1. The molecule has 11 heteroatoms. The molecule has 6 rings (SSSR count). The fourth-order valence-corrected chi connectivity index (χ4v) is 5.44. The van der Waals surface area contributed by atoms with E-state index in [0.29, 0.717) is 49.3 Å². The van der Waals surface area contributed by atoms with Crippen molar-refractivity contribution in [2.24, 2.45) is 0 Å². The summed E-state index contributed by atoms with van der Waals surface area (Å²) in [6, 6.07) is 12.6. The summed E-state index contributed by atoms with van der Waals surface area (Å²) in [7, 11) is 0. The number of amides is 2. The van der Waals surface area contributed by atoms with Gasteiger partial charge in [0.1, 0.15) is 35.8 Å². The summed E-state index contributed by atoms with van der Waals surface area (Å²) in [5, 5.41) is 2.88. The van der Waals surface area contributed by atoms with Crippen molar-refractivity contribution in [3.63, 3.8) is 0 Å². The molecule has 2 fully saturated rings. The van der Waals surface area contributed by atoms with Crippen molar-refractivity contribution in [1.29, 1.82) is 0 Å². The van der Waals surface area contributed by atoms with E-state index in [9.17, 15) is 14.0 Å². The van der Waals surface area contributed by atoms with Gasteiger partial charge in [-0.3, -0.25) is 15.0 Å². The molecule has 2 saturated heterocycles. The van der Waals surface area contributed by atoms with Crippen molar-refractivity contribution >= 4 is 29.1 Å². The molecule has 0 spiro atoms. The number of pyridine rings is 2. The smallest absolute Gasteiger partial charge is 0.329 e. The fourth-order valence-electron chi connectivity index (χ4n) is 5.44. The molecule has 2 aromatic heterocycles. The van der Waals surface area contributed by atoms with Gasteiger partial charge in [0.25, 0.3) is 0 Å². The van der Waals surface area contributed by atoms with Gasteiger partial charge in [-0.1, -0.05) is 12.1 Å². The Hall–Kier alpha value is -4.09. The first-order valence-corrected chi connectivity index (χ1v) is 13.8. The monoisotopic (exact) mass is 561 g/mol. The van der Waals surface area contributed by atoms with E-state index in [2.05, 4.69) is 20.2 Å². The van der Waals surface area contributed by atoms with Crippen LogP contribution in [0.5, 0.6) is 5.75 Å². The van der Waals surface area contributed by atoms with Gasteiger partial charge in [0, 0.05) is 31.8 Å². The molecule has 214 valence electrons. The predicted molar refractivity (Wildman–Crippen MR) is 150 cm³/mol. The van der Waals surface area contributed by atoms with E-state index in [1.165, 1.54) is 12.1 Å². The third-order valence-electron chi connectivity index (χ3n) is 7.48. The number of hydrogen-bond donors (Lipinski definition) is 1. The van der Waals surface area contributed by atoms with Crippen LogP contribution in [-0.2, 0) is 15.9 Å². The lowest BCUT2D eigenvalue weighted by Crippen LogP contribution is -2.48. The van der Waals surface area contributed by atoms with Crippen molar-refractivity contribution < 1.29 is 28.2 Å². The number of carbonyl (C=O) groups is 2. The molecule has 41 heavy (non-hydrogen) atoms. The van der Waals surface area contributed by atoms with Crippen molar-refractivity contribution in [3.05, 3.63) is 71.8 Å². The van der Waals surface area contributed by atoms with Crippen LogP contribution in [0, 0.1) is 5.82 Å². The molecular formula is C30H32FN5O5. The lowest BCUT2D eigenvalue weighted by molar-refractivity contribution is -0.141. The molecule has 3 aliphatic rings. The molecule has 1 N–H and O–H groups in total. The predicted octanol–water partition coefficient (Wildman–Crippen LogP) is 4.59. The first kappa shape index (κ1) is 27.1. The van der Waals surface area contributed by atoms with Crippen LogP contribution in [0.15, 0.2) is 54.7 Å². The minimum Gasteiger partial charge on any atom is -0.491 e. The minimum atomic E-state index is -0.632. The summed E-state index contributed by atoms with van der Waals surface area (Å²) in [6.45, 7) is 5.95. The summed E-state index contributed by atoms with van der Waals surface area (Å²) < 4.78 is 30.5. The van der Waals surface area contributed by atoms with Crippen LogP contribution < -0.4 is 19.9 Å². The molecule has 3 aromatic rings. The van der Waals surface area contributed by atoms with E-state index < -0.39 is 5.79 Å². The van der Waals surface area contributed by atoms with Gasteiger partial charge in [-0.2, -0.15) is 0 Å². The Morgan fingerprint density at radius 1 is 1.17 bits per heavy atom. The number of halogens is 1. The van der Waals surface area contributed by atoms with E-state index in [1.54, 1.807) is 41.4 Å². The van der Waals surface area contributed by atoms with Gasteiger partial charge >= 0.3 is 6.03 Å². The second-order valence-electron chi connectivity index (χ2n) is 10.9. The zero-order chi connectivity index (χ0) is 28.6. The number of fused-ring (bicyclic) bond motifs is 4. The van der Waals surface area contributed by atoms with Crippen molar-refractivity contribution in [1.82, 2.24) is 9.97 Å².